The predicted octanol–water partition coefficient (Wildman–Crippen LogP) is 7.01. The number of nitrogens with one attached hydrogen (secondary N) is 3. The highest BCUT2D eigenvalue weighted by molar-refractivity contribution is 8.03. The summed E-state index contributed by atoms with van der Waals surface area (Å²) in [5.74, 6) is -1.13. The number of hydrogen-bond donors (Lipinski definition) is 3. The van der Waals surface area contributed by atoms with E-state index in [-0.39, 0.29) is 17.6 Å². The van der Waals surface area contributed by atoms with Crippen LogP contribution in [0.25, 0.3) is 0 Å². The van der Waals surface area contributed by atoms with Gasteiger partial charge in [0, 0.05) is 32.7 Å². The van der Waals surface area contributed by atoms with Crippen LogP contribution < -0.4 is 16.0 Å². The Kier molecular flexibility index (Phi) is 8.80. The number of amides is 2. The first-order valence-corrected chi connectivity index (χ1v) is 13.4. The van der Waals surface area contributed by atoms with Gasteiger partial charge in [0.25, 0.3) is 5.91 Å². The van der Waals surface area contributed by atoms with Crippen molar-refractivity contribution in [3.8, 4) is 6.07 Å². The van der Waals surface area contributed by atoms with Crippen molar-refractivity contribution in [2.45, 2.75) is 19.8 Å². The van der Waals surface area contributed by atoms with E-state index >= 15 is 0 Å². The normalized spacial score (nSPS) is 15.0. The molecule has 3 N–H and O–H groups in total. The Hall–Kier alpha value is -3.70. The van der Waals surface area contributed by atoms with Gasteiger partial charge >= 0.3 is 0 Å². The summed E-state index contributed by atoms with van der Waals surface area (Å²) in [5.41, 5.74) is 4.17. The van der Waals surface area contributed by atoms with Gasteiger partial charge in [-0.1, -0.05) is 71.4 Å². The predicted molar refractivity (Wildman–Crippen MR) is 155 cm³/mol. The molecule has 3 aromatic carbocycles. The molecule has 0 saturated heterocycles. The Labute approximate surface area is 235 Å². The molecule has 0 unspecified atom stereocenters. The first-order valence-electron chi connectivity index (χ1n) is 11.7. The van der Waals surface area contributed by atoms with E-state index in [2.05, 4.69) is 22.0 Å². The number of nitrogens with zero attached hydrogens (tertiary/aromatic N) is 1. The summed E-state index contributed by atoms with van der Waals surface area (Å²) in [4.78, 5) is 26.2. The van der Waals surface area contributed by atoms with Crippen molar-refractivity contribution < 1.29 is 9.59 Å². The number of anilines is 2. The molecule has 6 nitrogen and oxygen atoms in total. The van der Waals surface area contributed by atoms with E-state index in [1.165, 1.54) is 11.8 Å². The van der Waals surface area contributed by atoms with Crippen LogP contribution in [-0.2, 0) is 9.59 Å². The highest BCUT2D eigenvalue weighted by Gasteiger charge is 2.34. The molecule has 0 saturated carbocycles. The largest absolute Gasteiger partial charge is 0.353 e. The zero-order chi connectivity index (χ0) is 27.2. The van der Waals surface area contributed by atoms with E-state index in [9.17, 15) is 14.9 Å². The van der Waals surface area contributed by atoms with Gasteiger partial charge in [-0.2, -0.15) is 5.26 Å². The minimum absolute atomic E-state index is 0.0561. The standard InChI is InChI=1S/C29H24Cl2N4O2S/c1-17-23(31)9-6-10-24(17)35-25(36)16-38-29-22(15-32)27(19-7-4-3-5-8-19)26(18(2)33-29)28(37)34-21-13-11-20(30)12-14-21/h3-14,27,33H,16H2,1-2H3,(H,34,37)(H,35,36)/t27-/m1/s1. The topological polar surface area (TPSA) is 94.0 Å². The minimum Gasteiger partial charge on any atom is -0.353 e. The second-order valence-electron chi connectivity index (χ2n) is 8.57. The van der Waals surface area contributed by atoms with E-state index in [1.807, 2.05) is 37.3 Å². The molecule has 0 aromatic heterocycles. The van der Waals surface area contributed by atoms with Crippen molar-refractivity contribution in [2.24, 2.45) is 0 Å². The number of benzene rings is 3. The van der Waals surface area contributed by atoms with Gasteiger partial charge in [0.2, 0.25) is 5.91 Å². The van der Waals surface area contributed by atoms with E-state index in [1.54, 1.807) is 49.4 Å². The smallest absolute Gasteiger partial charge is 0.254 e. The van der Waals surface area contributed by atoms with Crippen LogP contribution in [-0.4, -0.2) is 17.6 Å². The van der Waals surface area contributed by atoms with Crippen LogP contribution in [0.15, 0.2) is 94.7 Å². The maximum absolute atomic E-state index is 13.5. The second kappa shape index (κ2) is 12.2. The number of allylic oxidation sites excluding steroid dienone is 2. The van der Waals surface area contributed by atoms with E-state index < -0.39 is 5.92 Å². The van der Waals surface area contributed by atoms with E-state index in [0.29, 0.717) is 43.3 Å². The van der Waals surface area contributed by atoms with Crippen LogP contribution in [0.1, 0.15) is 24.0 Å². The molecular weight excluding hydrogens is 539 g/mol. The van der Waals surface area contributed by atoms with Gasteiger partial charge < -0.3 is 16.0 Å². The summed E-state index contributed by atoms with van der Waals surface area (Å²) in [6.45, 7) is 3.62. The molecular formula is C29H24Cl2N4O2S. The maximum atomic E-state index is 13.5. The maximum Gasteiger partial charge on any atom is 0.254 e. The summed E-state index contributed by atoms with van der Waals surface area (Å²) in [5, 5.41) is 20.9. The van der Waals surface area contributed by atoms with E-state index in [0.717, 1.165) is 11.1 Å². The molecule has 4 rings (SSSR count). The molecule has 0 radical (unpaired) electrons. The first-order chi connectivity index (χ1) is 18.3. The van der Waals surface area contributed by atoms with Gasteiger partial charge in [0.05, 0.1) is 28.3 Å². The second-order valence-corrected chi connectivity index (χ2v) is 10.4. The Morgan fingerprint density at radius 1 is 0.974 bits per heavy atom. The Morgan fingerprint density at radius 3 is 2.37 bits per heavy atom. The Morgan fingerprint density at radius 2 is 1.68 bits per heavy atom. The zero-order valence-corrected chi connectivity index (χ0v) is 23.0. The number of carbonyl (C=O) groups excluding carboxylic acids is 2. The van der Waals surface area contributed by atoms with Crippen LogP contribution in [0, 0.1) is 18.3 Å². The average molecular weight is 564 g/mol. The van der Waals surface area contributed by atoms with Crippen LogP contribution >= 0.6 is 35.0 Å². The summed E-state index contributed by atoms with van der Waals surface area (Å²) in [6, 6.07) is 23.8. The fraction of sp³-hybridized carbons (Fsp3) is 0.138. The van der Waals surface area contributed by atoms with Crippen molar-refractivity contribution in [3.05, 3.63) is 116 Å². The number of hydrogen-bond acceptors (Lipinski definition) is 5. The van der Waals surface area contributed by atoms with Crippen molar-refractivity contribution in [1.82, 2.24) is 5.32 Å². The Balaban J connectivity index is 1.61. The first kappa shape index (κ1) is 27.3. The molecule has 1 heterocycles. The van der Waals surface area contributed by atoms with Crippen LogP contribution in [0.2, 0.25) is 10.0 Å². The highest BCUT2D eigenvalue weighted by Crippen LogP contribution is 2.41. The molecule has 1 aliphatic rings. The number of halogens is 2. The van der Waals surface area contributed by atoms with Crippen molar-refractivity contribution in [3.63, 3.8) is 0 Å². The average Bonchev–Trinajstić information content (AvgIpc) is 2.91. The molecule has 0 spiro atoms. The number of rotatable bonds is 7. The van der Waals surface area contributed by atoms with Gasteiger partial charge in [-0.05, 0) is 61.4 Å². The highest BCUT2D eigenvalue weighted by atomic mass is 35.5. The summed E-state index contributed by atoms with van der Waals surface area (Å²) in [6.07, 6.45) is 0. The Bertz CT molecular complexity index is 1480. The van der Waals surface area contributed by atoms with Crippen LogP contribution in [0.4, 0.5) is 11.4 Å². The summed E-state index contributed by atoms with van der Waals surface area (Å²) < 4.78 is 0. The molecule has 192 valence electrons. The summed E-state index contributed by atoms with van der Waals surface area (Å²) >= 11 is 13.4. The zero-order valence-electron chi connectivity index (χ0n) is 20.6. The van der Waals surface area contributed by atoms with Crippen molar-refractivity contribution in [1.29, 1.82) is 5.26 Å². The minimum atomic E-state index is -0.615. The third-order valence-corrected chi connectivity index (χ3v) is 7.70. The molecule has 2 amide bonds. The number of nitriles is 1. The molecule has 1 atom stereocenters. The molecule has 0 bridgehead atoms. The van der Waals surface area contributed by atoms with Gasteiger partial charge in [-0.15, -0.1) is 0 Å². The lowest BCUT2D eigenvalue weighted by Gasteiger charge is -2.30. The fourth-order valence-electron chi connectivity index (χ4n) is 4.10. The monoisotopic (exact) mass is 562 g/mol. The summed E-state index contributed by atoms with van der Waals surface area (Å²) in [7, 11) is 0. The third kappa shape index (κ3) is 6.22. The lowest BCUT2D eigenvalue weighted by Crippen LogP contribution is -2.31. The molecule has 1 aliphatic heterocycles. The number of carbonyl (C=O) groups is 2. The number of thioether (sulfide) groups is 1. The SMILES string of the molecule is CC1=C(C(=O)Nc2ccc(Cl)cc2)[C@H](c2ccccc2)C(C#N)=C(SCC(=O)Nc2cccc(Cl)c2C)N1. The van der Waals surface area contributed by atoms with Crippen molar-refractivity contribution in [2.75, 3.05) is 16.4 Å². The number of dihydropyridines is 1. The molecule has 3 aromatic rings. The molecule has 0 aliphatic carbocycles. The molecule has 38 heavy (non-hydrogen) atoms. The van der Waals surface area contributed by atoms with Gasteiger partial charge in [0.15, 0.2) is 0 Å². The van der Waals surface area contributed by atoms with Gasteiger partial charge in [0.1, 0.15) is 0 Å². The lowest BCUT2D eigenvalue weighted by atomic mass is 9.82. The lowest BCUT2D eigenvalue weighted by molar-refractivity contribution is -0.114. The van der Waals surface area contributed by atoms with Gasteiger partial charge in [-0.25, -0.2) is 0 Å². The fourth-order valence-corrected chi connectivity index (χ4v) is 5.30. The van der Waals surface area contributed by atoms with Crippen LogP contribution in [0.5, 0.6) is 0 Å². The molecule has 9 heteroatoms. The quantitative estimate of drug-likeness (QED) is 0.288. The molecule has 0 fully saturated rings. The van der Waals surface area contributed by atoms with Gasteiger partial charge in [-0.3, -0.25) is 9.59 Å². The third-order valence-electron chi connectivity index (χ3n) is 6.02. The van der Waals surface area contributed by atoms with Crippen molar-refractivity contribution >= 4 is 58.2 Å². The van der Waals surface area contributed by atoms with E-state index in [4.69, 9.17) is 23.2 Å². The van der Waals surface area contributed by atoms with Crippen LogP contribution in [0.3, 0.4) is 0 Å².